The van der Waals surface area contributed by atoms with Crippen LogP contribution in [0, 0.1) is 0 Å². The molecule has 2 N–H and O–H groups in total. The van der Waals surface area contributed by atoms with E-state index in [1.54, 1.807) is 19.4 Å². The number of halogens is 3. The molecule has 76 valence electrons. The number of hydrogen-bond acceptors (Lipinski definition) is 3. The van der Waals surface area contributed by atoms with E-state index in [0.29, 0.717) is 23.0 Å². The van der Waals surface area contributed by atoms with Gasteiger partial charge in [0.15, 0.2) is 5.75 Å². The van der Waals surface area contributed by atoms with Gasteiger partial charge >= 0.3 is 0 Å². The lowest BCUT2D eigenvalue weighted by molar-refractivity contribution is 0.407. The van der Waals surface area contributed by atoms with E-state index in [1.807, 2.05) is 0 Å². The van der Waals surface area contributed by atoms with Crippen LogP contribution in [0.5, 0.6) is 5.75 Å². The van der Waals surface area contributed by atoms with Crippen LogP contribution < -0.4 is 10.5 Å². The molecule has 1 aromatic heterocycles. The minimum atomic E-state index is 0. The largest absolute Gasteiger partial charge is 0.493 e. The Morgan fingerprint density at radius 2 is 2.15 bits per heavy atom. The molecule has 1 aromatic rings. The van der Waals surface area contributed by atoms with Crippen molar-refractivity contribution >= 4 is 36.4 Å². The lowest BCUT2D eigenvalue weighted by atomic mass is 10.3. The average molecular weight is 246 g/mol. The number of hydrogen-bond donors (Lipinski definition) is 1. The Morgan fingerprint density at radius 3 is 2.54 bits per heavy atom. The van der Waals surface area contributed by atoms with Gasteiger partial charge in [-0.1, -0.05) is 11.6 Å². The summed E-state index contributed by atoms with van der Waals surface area (Å²) in [6, 6.07) is 1.67. The molecule has 0 spiro atoms. The molecule has 13 heavy (non-hydrogen) atoms. The number of methoxy groups -OCH3 is 1. The van der Waals surface area contributed by atoms with Gasteiger partial charge in [0.25, 0.3) is 0 Å². The molecule has 0 amide bonds. The standard InChI is InChI=1S/C7H9ClN2O.2ClH/c1-11-7-5(8)2-3-10-6(7)4-9;;/h2-3H,4,9H2,1H3;2*1H. The van der Waals surface area contributed by atoms with Crippen LogP contribution >= 0.6 is 36.4 Å². The van der Waals surface area contributed by atoms with Crippen molar-refractivity contribution in [3.63, 3.8) is 0 Å². The summed E-state index contributed by atoms with van der Waals surface area (Å²) in [5.74, 6) is 0.566. The van der Waals surface area contributed by atoms with Gasteiger partial charge in [-0.25, -0.2) is 0 Å². The highest BCUT2D eigenvalue weighted by molar-refractivity contribution is 6.32. The Bertz CT molecular complexity index is 257. The van der Waals surface area contributed by atoms with Gasteiger partial charge in [-0.3, -0.25) is 4.98 Å². The van der Waals surface area contributed by atoms with E-state index in [-0.39, 0.29) is 24.8 Å². The van der Waals surface area contributed by atoms with Gasteiger partial charge in [0, 0.05) is 12.7 Å². The number of aromatic nitrogens is 1. The van der Waals surface area contributed by atoms with Crippen molar-refractivity contribution in [2.45, 2.75) is 6.54 Å². The number of pyridine rings is 1. The minimum Gasteiger partial charge on any atom is -0.493 e. The fourth-order valence-electron chi connectivity index (χ4n) is 0.826. The molecule has 0 atom stereocenters. The lowest BCUT2D eigenvalue weighted by Gasteiger charge is -2.05. The quantitative estimate of drug-likeness (QED) is 0.867. The maximum Gasteiger partial charge on any atom is 0.160 e. The molecular formula is C7H11Cl3N2O. The van der Waals surface area contributed by atoms with E-state index >= 15 is 0 Å². The third-order valence-corrected chi connectivity index (χ3v) is 1.63. The first-order valence-corrected chi connectivity index (χ1v) is 3.54. The fourth-order valence-corrected chi connectivity index (χ4v) is 1.07. The van der Waals surface area contributed by atoms with E-state index in [9.17, 15) is 0 Å². The zero-order valence-corrected chi connectivity index (χ0v) is 9.38. The van der Waals surface area contributed by atoms with Gasteiger partial charge in [0.05, 0.1) is 17.8 Å². The van der Waals surface area contributed by atoms with Crippen LogP contribution in [0.2, 0.25) is 5.02 Å². The maximum atomic E-state index is 5.79. The number of nitrogens with zero attached hydrogens (tertiary/aromatic N) is 1. The molecule has 0 saturated carbocycles. The fraction of sp³-hybridized carbons (Fsp3) is 0.286. The molecule has 0 aromatic carbocycles. The first-order valence-electron chi connectivity index (χ1n) is 3.17. The zero-order valence-electron chi connectivity index (χ0n) is 6.99. The molecule has 1 heterocycles. The summed E-state index contributed by atoms with van der Waals surface area (Å²) in [6.45, 7) is 0.337. The predicted molar refractivity (Wildman–Crippen MR) is 58.2 cm³/mol. The van der Waals surface area contributed by atoms with Gasteiger partial charge in [0.1, 0.15) is 0 Å². The summed E-state index contributed by atoms with van der Waals surface area (Å²) < 4.78 is 4.99. The Morgan fingerprint density at radius 1 is 1.54 bits per heavy atom. The van der Waals surface area contributed by atoms with Crippen molar-refractivity contribution in [2.24, 2.45) is 5.73 Å². The van der Waals surface area contributed by atoms with E-state index in [1.165, 1.54) is 0 Å². The second-order valence-electron chi connectivity index (χ2n) is 1.98. The third kappa shape index (κ3) is 3.56. The topological polar surface area (TPSA) is 48.1 Å². The van der Waals surface area contributed by atoms with Crippen molar-refractivity contribution in [1.29, 1.82) is 0 Å². The Kier molecular flexibility index (Phi) is 8.46. The van der Waals surface area contributed by atoms with Crippen molar-refractivity contribution in [3.05, 3.63) is 23.0 Å². The molecule has 0 aliphatic carbocycles. The van der Waals surface area contributed by atoms with Gasteiger partial charge in [-0.2, -0.15) is 0 Å². The number of rotatable bonds is 2. The summed E-state index contributed by atoms with van der Waals surface area (Å²) in [7, 11) is 1.54. The van der Waals surface area contributed by atoms with Crippen LogP contribution in [0.4, 0.5) is 0 Å². The summed E-state index contributed by atoms with van der Waals surface area (Å²) in [5, 5.41) is 0.544. The van der Waals surface area contributed by atoms with E-state index in [0.717, 1.165) is 0 Å². The number of ether oxygens (including phenoxy) is 1. The zero-order chi connectivity index (χ0) is 8.27. The van der Waals surface area contributed by atoms with Crippen LogP contribution in [0.25, 0.3) is 0 Å². The van der Waals surface area contributed by atoms with Gasteiger partial charge in [0.2, 0.25) is 0 Å². The highest BCUT2D eigenvalue weighted by atomic mass is 35.5. The molecule has 0 fully saturated rings. The molecule has 0 saturated heterocycles. The van der Waals surface area contributed by atoms with Crippen molar-refractivity contribution < 1.29 is 4.74 Å². The van der Waals surface area contributed by atoms with Crippen molar-refractivity contribution in [3.8, 4) is 5.75 Å². The first-order chi connectivity index (χ1) is 5.29. The summed E-state index contributed by atoms with van der Waals surface area (Å²) in [4.78, 5) is 3.99. The van der Waals surface area contributed by atoms with Crippen LogP contribution in [0.15, 0.2) is 12.3 Å². The van der Waals surface area contributed by atoms with E-state index < -0.39 is 0 Å². The highest BCUT2D eigenvalue weighted by Crippen LogP contribution is 2.25. The molecule has 0 aliphatic heterocycles. The molecule has 0 unspecified atom stereocenters. The number of nitrogens with two attached hydrogens (primary N) is 1. The van der Waals surface area contributed by atoms with Crippen LogP contribution in [-0.4, -0.2) is 12.1 Å². The van der Waals surface area contributed by atoms with Crippen LogP contribution in [0.1, 0.15) is 5.69 Å². The molecule has 0 radical (unpaired) electrons. The Balaban J connectivity index is 0. The van der Waals surface area contributed by atoms with E-state index in [2.05, 4.69) is 4.98 Å². The Labute approximate surface area is 94.4 Å². The molecule has 3 nitrogen and oxygen atoms in total. The highest BCUT2D eigenvalue weighted by Gasteiger charge is 2.05. The van der Waals surface area contributed by atoms with Crippen molar-refractivity contribution in [2.75, 3.05) is 7.11 Å². The van der Waals surface area contributed by atoms with Gasteiger partial charge in [-0.15, -0.1) is 24.8 Å². The average Bonchev–Trinajstić information content (AvgIpc) is 2.04. The maximum absolute atomic E-state index is 5.79. The monoisotopic (exact) mass is 244 g/mol. The molecule has 1 rings (SSSR count). The third-order valence-electron chi connectivity index (χ3n) is 1.33. The summed E-state index contributed by atoms with van der Waals surface area (Å²) in [6.07, 6.45) is 1.60. The van der Waals surface area contributed by atoms with Gasteiger partial charge in [-0.05, 0) is 6.07 Å². The molecular weight excluding hydrogens is 234 g/mol. The molecule has 6 heteroatoms. The molecule has 0 aliphatic rings. The SMILES string of the molecule is COc1c(Cl)ccnc1CN.Cl.Cl. The Hall–Kier alpha value is -0.220. The minimum absolute atomic E-state index is 0. The van der Waals surface area contributed by atoms with Crippen LogP contribution in [0.3, 0.4) is 0 Å². The lowest BCUT2D eigenvalue weighted by Crippen LogP contribution is -2.02. The second kappa shape index (κ2) is 7.21. The summed E-state index contributed by atoms with van der Waals surface area (Å²) in [5.41, 5.74) is 6.07. The van der Waals surface area contributed by atoms with Gasteiger partial charge < -0.3 is 10.5 Å². The van der Waals surface area contributed by atoms with E-state index in [4.69, 9.17) is 22.1 Å². The van der Waals surface area contributed by atoms with Crippen LogP contribution in [-0.2, 0) is 6.54 Å². The predicted octanol–water partition coefficient (Wildman–Crippen LogP) is 2.05. The second-order valence-corrected chi connectivity index (χ2v) is 2.38. The van der Waals surface area contributed by atoms with Crippen molar-refractivity contribution in [1.82, 2.24) is 4.98 Å². The summed E-state index contributed by atoms with van der Waals surface area (Å²) >= 11 is 5.79. The first kappa shape index (κ1) is 15.3. The molecule has 0 bridgehead atoms. The normalized spacial score (nSPS) is 8.23. The smallest absolute Gasteiger partial charge is 0.160 e.